The number of aryl methyl sites for hydroxylation is 1. The number of anilines is 1. The summed E-state index contributed by atoms with van der Waals surface area (Å²) in [5, 5.41) is 5.54. The lowest BCUT2D eigenvalue weighted by molar-refractivity contribution is -0.116. The molecule has 0 bridgehead atoms. The fourth-order valence-corrected chi connectivity index (χ4v) is 2.05. The van der Waals surface area contributed by atoms with E-state index in [1.807, 2.05) is 5.38 Å². The van der Waals surface area contributed by atoms with Crippen LogP contribution >= 0.6 is 11.3 Å². The third kappa shape index (κ3) is 4.42. The van der Waals surface area contributed by atoms with Crippen molar-refractivity contribution in [2.75, 3.05) is 5.32 Å². The monoisotopic (exact) mass is 226 g/mol. The molecule has 0 aliphatic rings. The third-order valence-corrected chi connectivity index (χ3v) is 2.97. The van der Waals surface area contributed by atoms with Gasteiger partial charge in [0.25, 0.3) is 0 Å². The van der Waals surface area contributed by atoms with Gasteiger partial charge in [-0.05, 0) is 12.8 Å². The Balaban J connectivity index is 2.31. The summed E-state index contributed by atoms with van der Waals surface area (Å²) in [7, 11) is 0. The van der Waals surface area contributed by atoms with Crippen molar-refractivity contribution < 1.29 is 4.79 Å². The van der Waals surface area contributed by atoms with Crippen LogP contribution in [0.5, 0.6) is 0 Å². The molecule has 0 saturated heterocycles. The van der Waals surface area contributed by atoms with E-state index in [0.29, 0.717) is 6.42 Å². The number of unbranched alkanes of at least 4 members (excludes halogenated alkanes) is 2. The zero-order valence-corrected chi connectivity index (χ0v) is 10.2. The Morgan fingerprint density at radius 3 is 2.87 bits per heavy atom. The van der Waals surface area contributed by atoms with E-state index in [1.165, 1.54) is 11.3 Å². The van der Waals surface area contributed by atoms with Crippen LogP contribution in [0.3, 0.4) is 0 Å². The van der Waals surface area contributed by atoms with E-state index in [2.05, 4.69) is 24.1 Å². The fourth-order valence-electron chi connectivity index (χ4n) is 1.24. The molecule has 15 heavy (non-hydrogen) atoms. The highest BCUT2D eigenvalue weighted by atomic mass is 32.1. The Labute approximate surface area is 94.9 Å². The number of carbonyl (C=O) groups excluding carboxylic acids is 1. The van der Waals surface area contributed by atoms with Crippen LogP contribution in [0.2, 0.25) is 0 Å². The number of hydrogen-bond donors (Lipinski definition) is 1. The molecule has 1 amide bonds. The zero-order valence-electron chi connectivity index (χ0n) is 9.38. The van der Waals surface area contributed by atoms with Gasteiger partial charge in [-0.15, -0.1) is 11.3 Å². The van der Waals surface area contributed by atoms with Crippen LogP contribution in [-0.2, 0) is 11.2 Å². The van der Waals surface area contributed by atoms with Crippen molar-refractivity contribution in [1.82, 2.24) is 4.98 Å². The molecule has 4 heteroatoms. The zero-order chi connectivity index (χ0) is 11.1. The number of rotatable bonds is 6. The predicted octanol–water partition coefficient (Wildman–Crippen LogP) is 3.22. The summed E-state index contributed by atoms with van der Waals surface area (Å²) in [4.78, 5) is 15.7. The van der Waals surface area contributed by atoms with Gasteiger partial charge in [0.05, 0.1) is 5.69 Å². The number of aromatic nitrogens is 1. The van der Waals surface area contributed by atoms with Gasteiger partial charge in [0.1, 0.15) is 0 Å². The summed E-state index contributed by atoms with van der Waals surface area (Å²) >= 11 is 1.50. The second-order valence-electron chi connectivity index (χ2n) is 3.50. The van der Waals surface area contributed by atoms with Crippen LogP contribution < -0.4 is 5.32 Å². The Hall–Kier alpha value is -0.900. The normalized spacial score (nSPS) is 10.3. The van der Waals surface area contributed by atoms with Gasteiger partial charge in [0, 0.05) is 11.8 Å². The van der Waals surface area contributed by atoms with Crippen molar-refractivity contribution in [3.8, 4) is 0 Å². The molecular formula is C11H18N2OS. The molecule has 3 nitrogen and oxygen atoms in total. The van der Waals surface area contributed by atoms with E-state index in [4.69, 9.17) is 0 Å². The van der Waals surface area contributed by atoms with E-state index in [9.17, 15) is 4.79 Å². The standard InChI is InChI=1S/C11H18N2OS/c1-3-5-6-7-10(14)13-11-12-9(4-2)8-15-11/h8H,3-7H2,1-2H3,(H,12,13,14). The maximum Gasteiger partial charge on any atom is 0.226 e. The molecule has 0 spiro atoms. The first kappa shape index (κ1) is 12.2. The van der Waals surface area contributed by atoms with Gasteiger partial charge in [-0.2, -0.15) is 0 Å². The number of nitrogens with one attached hydrogen (secondary N) is 1. The molecule has 0 aromatic carbocycles. The van der Waals surface area contributed by atoms with Gasteiger partial charge in [-0.1, -0.05) is 26.7 Å². The molecule has 0 fully saturated rings. The average molecular weight is 226 g/mol. The summed E-state index contributed by atoms with van der Waals surface area (Å²) < 4.78 is 0. The highest BCUT2D eigenvalue weighted by Gasteiger charge is 2.05. The lowest BCUT2D eigenvalue weighted by Gasteiger charge is -2.00. The Morgan fingerprint density at radius 1 is 1.47 bits per heavy atom. The van der Waals surface area contributed by atoms with E-state index in [0.717, 1.165) is 36.5 Å². The SMILES string of the molecule is CCCCCC(=O)Nc1nc(CC)cs1. The minimum absolute atomic E-state index is 0.0838. The molecule has 1 aromatic heterocycles. The van der Waals surface area contributed by atoms with Gasteiger partial charge in [-0.3, -0.25) is 4.79 Å². The first-order valence-electron chi connectivity index (χ1n) is 5.50. The number of hydrogen-bond acceptors (Lipinski definition) is 3. The van der Waals surface area contributed by atoms with Crippen molar-refractivity contribution in [2.24, 2.45) is 0 Å². The number of thiazole rings is 1. The van der Waals surface area contributed by atoms with Crippen molar-refractivity contribution in [3.05, 3.63) is 11.1 Å². The number of amides is 1. The highest BCUT2D eigenvalue weighted by molar-refractivity contribution is 7.13. The maximum atomic E-state index is 11.4. The van der Waals surface area contributed by atoms with E-state index < -0.39 is 0 Å². The lowest BCUT2D eigenvalue weighted by atomic mass is 10.2. The van der Waals surface area contributed by atoms with Crippen LogP contribution in [-0.4, -0.2) is 10.9 Å². The van der Waals surface area contributed by atoms with Crippen LogP contribution in [0.1, 0.15) is 45.2 Å². The van der Waals surface area contributed by atoms with Gasteiger partial charge in [0.2, 0.25) is 5.91 Å². The van der Waals surface area contributed by atoms with E-state index in [1.54, 1.807) is 0 Å². The molecule has 0 saturated carbocycles. The average Bonchev–Trinajstić information content (AvgIpc) is 2.66. The number of nitrogens with zero attached hydrogens (tertiary/aromatic N) is 1. The molecule has 1 rings (SSSR count). The Morgan fingerprint density at radius 2 is 2.27 bits per heavy atom. The minimum Gasteiger partial charge on any atom is -0.302 e. The molecule has 1 aromatic rings. The van der Waals surface area contributed by atoms with Crippen molar-refractivity contribution in [2.45, 2.75) is 46.0 Å². The first-order valence-corrected chi connectivity index (χ1v) is 6.38. The quantitative estimate of drug-likeness (QED) is 0.757. The topological polar surface area (TPSA) is 42.0 Å². The fraction of sp³-hybridized carbons (Fsp3) is 0.636. The van der Waals surface area contributed by atoms with Gasteiger partial charge < -0.3 is 5.32 Å². The molecule has 1 heterocycles. The maximum absolute atomic E-state index is 11.4. The Kier molecular flexibility index (Phi) is 5.32. The molecule has 1 N–H and O–H groups in total. The van der Waals surface area contributed by atoms with E-state index in [-0.39, 0.29) is 5.91 Å². The second-order valence-corrected chi connectivity index (χ2v) is 4.36. The van der Waals surface area contributed by atoms with Crippen LogP contribution in [0, 0.1) is 0 Å². The molecule has 84 valence electrons. The van der Waals surface area contributed by atoms with E-state index >= 15 is 0 Å². The largest absolute Gasteiger partial charge is 0.302 e. The van der Waals surface area contributed by atoms with Crippen molar-refractivity contribution in [3.63, 3.8) is 0 Å². The molecule has 0 aliphatic carbocycles. The van der Waals surface area contributed by atoms with Gasteiger partial charge >= 0.3 is 0 Å². The summed E-state index contributed by atoms with van der Waals surface area (Å²) in [5.41, 5.74) is 1.05. The van der Waals surface area contributed by atoms with Crippen molar-refractivity contribution in [1.29, 1.82) is 0 Å². The molecular weight excluding hydrogens is 208 g/mol. The minimum atomic E-state index is 0.0838. The summed E-state index contributed by atoms with van der Waals surface area (Å²) in [6.45, 7) is 4.19. The first-order chi connectivity index (χ1) is 7.26. The smallest absolute Gasteiger partial charge is 0.226 e. The van der Waals surface area contributed by atoms with Gasteiger partial charge in [0.15, 0.2) is 5.13 Å². The van der Waals surface area contributed by atoms with Crippen LogP contribution in [0.25, 0.3) is 0 Å². The molecule has 0 atom stereocenters. The lowest BCUT2D eigenvalue weighted by Crippen LogP contribution is -2.10. The Bertz CT molecular complexity index is 309. The summed E-state index contributed by atoms with van der Waals surface area (Å²) in [5.74, 6) is 0.0838. The number of carbonyl (C=O) groups is 1. The molecule has 0 radical (unpaired) electrons. The highest BCUT2D eigenvalue weighted by Crippen LogP contribution is 2.16. The van der Waals surface area contributed by atoms with Crippen molar-refractivity contribution >= 4 is 22.4 Å². The predicted molar refractivity (Wildman–Crippen MR) is 64.3 cm³/mol. The van der Waals surface area contributed by atoms with Gasteiger partial charge in [-0.25, -0.2) is 4.98 Å². The molecule has 0 aliphatic heterocycles. The van der Waals surface area contributed by atoms with Crippen LogP contribution in [0.15, 0.2) is 5.38 Å². The van der Waals surface area contributed by atoms with Crippen LogP contribution in [0.4, 0.5) is 5.13 Å². The third-order valence-electron chi connectivity index (χ3n) is 2.17. The molecule has 0 unspecified atom stereocenters. The second kappa shape index (κ2) is 6.56. The summed E-state index contributed by atoms with van der Waals surface area (Å²) in [6, 6.07) is 0. The summed E-state index contributed by atoms with van der Waals surface area (Å²) in [6.07, 6.45) is 4.75.